The monoisotopic (exact) mass is 359 g/mol. The van der Waals surface area contributed by atoms with Crippen LogP contribution in [0, 0.1) is 35.5 Å². The van der Waals surface area contributed by atoms with Crippen LogP contribution in [-0.2, 0) is 0 Å². The van der Waals surface area contributed by atoms with Gasteiger partial charge in [-0.25, -0.2) is 4.99 Å². The number of aliphatic hydroxyl groups is 2. The van der Waals surface area contributed by atoms with Gasteiger partial charge < -0.3 is 21.3 Å². The molecule has 8 saturated carbocycles. The predicted octanol–water partition coefficient (Wildman–Crippen LogP) is 1.77. The third-order valence-electron chi connectivity index (χ3n) is 9.03. The normalized spacial score (nSPS) is 59.8. The van der Waals surface area contributed by atoms with E-state index in [4.69, 9.17) is 10.7 Å². The van der Waals surface area contributed by atoms with E-state index in [2.05, 4.69) is 5.32 Å². The van der Waals surface area contributed by atoms with Crippen molar-refractivity contribution in [2.45, 2.75) is 87.5 Å². The van der Waals surface area contributed by atoms with Crippen molar-refractivity contribution in [1.82, 2.24) is 5.32 Å². The van der Waals surface area contributed by atoms with E-state index in [1.54, 1.807) is 0 Å². The summed E-state index contributed by atoms with van der Waals surface area (Å²) in [6.07, 6.45) is 10.7. The number of hydrogen-bond acceptors (Lipinski definition) is 3. The Morgan fingerprint density at radius 1 is 0.769 bits per heavy atom. The van der Waals surface area contributed by atoms with E-state index < -0.39 is 11.2 Å². The SMILES string of the molecule is NC(=NC1C2CC3CC1CC(O)(C3)C2)NC1C2CC3CC1CC(O)(C3)C2. The molecule has 0 spiro atoms. The lowest BCUT2D eigenvalue weighted by atomic mass is 9.52. The molecule has 5 heteroatoms. The highest BCUT2D eigenvalue weighted by molar-refractivity contribution is 5.78. The molecule has 0 aliphatic heterocycles. The van der Waals surface area contributed by atoms with Crippen LogP contribution in [0.4, 0.5) is 0 Å². The third kappa shape index (κ3) is 2.39. The Labute approximate surface area is 155 Å². The summed E-state index contributed by atoms with van der Waals surface area (Å²) < 4.78 is 0. The lowest BCUT2D eigenvalue weighted by Gasteiger charge is -2.58. The maximum absolute atomic E-state index is 10.8. The van der Waals surface area contributed by atoms with Gasteiger partial charge in [-0.15, -0.1) is 0 Å². The van der Waals surface area contributed by atoms with E-state index in [1.165, 1.54) is 25.7 Å². The molecule has 8 aliphatic carbocycles. The van der Waals surface area contributed by atoms with Gasteiger partial charge in [-0.2, -0.15) is 0 Å². The average molecular weight is 360 g/mol. The lowest BCUT2D eigenvalue weighted by Crippen LogP contribution is -2.62. The van der Waals surface area contributed by atoms with Crippen LogP contribution in [0.3, 0.4) is 0 Å². The minimum atomic E-state index is -0.401. The third-order valence-corrected chi connectivity index (χ3v) is 9.03. The lowest BCUT2D eigenvalue weighted by molar-refractivity contribution is -0.136. The second kappa shape index (κ2) is 5.16. The summed E-state index contributed by atoms with van der Waals surface area (Å²) in [6, 6.07) is 0.705. The van der Waals surface area contributed by atoms with Crippen molar-refractivity contribution >= 4 is 5.96 Å². The molecule has 8 fully saturated rings. The maximum atomic E-state index is 10.8. The van der Waals surface area contributed by atoms with E-state index in [-0.39, 0.29) is 0 Å². The van der Waals surface area contributed by atoms with Crippen molar-refractivity contribution in [3.8, 4) is 0 Å². The molecule has 8 bridgehead atoms. The first-order valence-corrected chi connectivity index (χ1v) is 10.9. The molecule has 8 aliphatic rings. The predicted molar refractivity (Wildman–Crippen MR) is 99.3 cm³/mol. The van der Waals surface area contributed by atoms with Crippen LogP contribution in [0.5, 0.6) is 0 Å². The number of aliphatic imine (C=N–C) groups is 1. The van der Waals surface area contributed by atoms with Crippen LogP contribution < -0.4 is 11.1 Å². The standard InChI is InChI=1S/C21H33N3O2/c22-19(23-17-13-1-11-2-14(17)8-20(25,5-11)7-13)24-18-15-3-12-4-16(18)10-21(26,6-12)9-15/h11-18,25-26H,1-10H2,(H3,22,23,24). The second-order valence-corrected chi connectivity index (χ2v) is 11.1. The second-order valence-electron chi connectivity index (χ2n) is 11.1. The van der Waals surface area contributed by atoms with Crippen LogP contribution in [0.1, 0.15) is 64.2 Å². The summed E-state index contributed by atoms with van der Waals surface area (Å²) in [4.78, 5) is 4.99. The molecule has 0 aromatic carbocycles. The van der Waals surface area contributed by atoms with Crippen LogP contribution >= 0.6 is 0 Å². The van der Waals surface area contributed by atoms with Crippen LogP contribution in [0.2, 0.25) is 0 Å². The largest absolute Gasteiger partial charge is 0.390 e. The highest BCUT2D eigenvalue weighted by Crippen LogP contribution is 2.57. The first kappa shape index (κ1) is 16.2. The van der Waals surface area contributed by atoms with Gasteiger partial charge >= 0.3 is 0 Å². The molecule has 144 valence electrons. The number of rotatable bonds is 2. The smallest absolute Gasteiger partial charge is 0.189 e. The van der Waals surface area contributed by atoms with Gasteiger partial charge in [0.1, 0.15) is 0 Å². The fourth-order valence-electron chi connectivity index (χ4n) is 8.75. The minimum Gasteiger partial charge on any atom is -0.390 e. The van der Waals surface area contributed by atoms with Gasteiger partial charge in [0, 0.05) is 6.04 Å². The van der Waals surface area contributed by atoms with Crippen molar-refractivity contribution in [2.75, 3.05) is 0 Å². The topological polar surface area (TPSA) is 90.9 Å². The van der Waals surface area contributed by atoms with Crippen molar-refractivity contribution in [3.63, 3.8) is 0 Å². The fourth-order valence-corrected chi connectivity index (χ4v) is 8.75. The van der Waals surface area contributed by atoms with E-state index >= 15 is 0 Å². The molecule has 0 amide bonds. The van der Waals surface area contributed by atoms with Gasteiger partial charge in [0.05, 0.1) is 17.2 Å². The molecule has 0 saturated heterocycles. The van der Waals surface area contributed by atoms with E-state index in [9.17, 15) is 10.2 Å². The zero-order valence-corrected chi connectivity index (χ0v) is 15.6. The van der Waals surface area contributed by atoms with Crippen LogP contribution in [0.25, 0.3) is 0 Å². The molecule has 26 heavy (non-hydrogen) atoms. The summed E-state index contributed by atoms with van der Waals surface area (Å²) in [5.41, 5.74) is 5.62. The van der Waals surface area contributed by atoms with Gasteiger partial charge in [0.2, 0.25) is 0 Å². The Hall–Kier alpha value is -0.810. The number of nitrogens with two attached hydrogens (primary N) is 1. The van der Waals surface area contributed by atoms with E-state index in [0.717, 1.165) is 44.4 Å². The van der Waals surface area contributed by atoms with Crippen LogP contribution in [-0.4, -0.2) is 39.5 Å². The number of guanidine groups is 1. The van der Waals surface area contributed by atoms with Gasteiger partial charge in [-0.1, -0.05) is 0 Å². The Kier molecular flexibility index (Phi) is 3.21. The van der Waals surface area contributed by atoms with E-state index in [1.807, 2.05) is 0 Å². The highest BCUT2D eigenvalue weighted by atomic mass is 16.3. The van der Waals surface area contributed by atoms with Gasteiger partial charge in [0.25, 0.3) is 0 Å². The zero-order chi connectivity index (χ0) is 17.7. The number of hydrogen-bond donors (Lipinski definition) is 4. The first-order valence-electron chi connectivity index (χ1n) is 10.9. The molecular weight excluding hydrogens is 326 g/mol. The van der Waals surface area contributed by atoms with Crippen LogP contribution in [0.15, 0.2) is 4.99 Å². The Morgan fingerprint density at radius 3 is 1.73 bits per heavy atom. The van der Waals surface area contributed by atoms with Crippen molar-refractivity contribution in [3.05, 3.63) is 0 Å². The van der Waals surface area contributed by atoms with Gasteiger partial charge in [0.15, 0.2) is 5.96 Å². The molecule has 0 heterocycles. The molecule has 8 rings (SSSR count). The summed E-state index contributed by atoms with van der Waals surface area (Å²) in [5, 5.41) is 25.1. The Balaban J connectivity index is 1.18. The molecule has 5 N–H and O–H groups in total. The maximum Gasteiger partial charge on any atom is 0.189 e. The van der Waals surface area contributed by atoms with Gasteiger partial charge in [-0.3, -0.25) is 0 Å². The molecule has 5 nitrogen and oxygen atoms in total. The summed E-state index contributed by atoms with van der Waals surface area (Å²) >= 11 is 0. The molecule has 0 aromatic rings. The molecule has 4 atom stereocenters. The van der Waals surface area contributed by atoms with E-state index in [0.29, 0.717) is 47.6 Å². The summed E-state index contributed by atoms with van der Waals surface area (Å²) in [7, 11) is 0. The highest BCUT2D eigenvalue weighted by Gasteiger charge is 2.56. The first-order chi connectivity index (χ1) is 12.4. The Morgan fingerprint density at radius 2 is 1.23 bits per heavy atom. The quantitative estimate of drug-likeness (QED) is 0.447. The number of nitrogens with one attached hydrogen (secondary N) is 1. The number of nitrogens with zero attached hydrogens (tertiary/aromatic N) is 1. The van der Waals surface area contributed by atoms with Crippen molar-refractivity contribution < 1.29 is 10.2 Å². The molecular formula is C21H33N3O2. The summed E-state index contributed by atoms with van der Waals surface area (Å²) in [6.45, 7) is 0. The van der Waals surface area contributed by atoms with Crippen molar-refractivity contribution in [2.24, 2.45) is 46.2 Å². The van der Waals surface area contributed by atoms with Gasteiger partial charge in [-0.05, 0) is 99.7 Å². The average Bonchev–Trinajstić information content (AvgIpc) is 2.51. The molecule has 4 unspecified atom stereocenters. The molecule has 0 aromatic heterocycles. The Bertz CT molecular complexity index is 617. The van der Waals surface area contributed by atoms with Crippen molar-refractivity contribution in [1.29, 1.82) is 0 Å². The zero-order valence-electron chi connectivity index (χ0n) is 15.6. The minimum absolute atomic E-state index is 0.306. The summed E-state index contributed by atoms with van der Waals surface area (Å²) in [5.74, 6) is 4.20. The fraction of sp³-hybridized carbons (Fsp3) is 0.952. The molecule has 0 radical (unpaired) electrons.